The Balaban J connectivity index is 2.19. The SMILES string of the molecule is CC1CC(C)CN(C(=O)c2cccc(C(=O)O)n2)C1. The molecule has 0 bridgehead atoms. The quantitative estimate of drug-likeness (QED) is 0.883. The van der Waals surface area contributed by atoms with Gasteiger partial charge in [0.15, 0.2) is 0 Å². The molecule has 2 heterocycles. The second kappa shape index (κ2) is 5.38. The molecular weight excluding hydrogens is 244 g/mol. The lowest BCUT2D eigenvalue weighted by molar-refractivity contribution is 0.0616. The molecule has 1 saturated heterocycles. The van der Waals surface area contributed by atoms with Crippen molar-refractivity contribution in [2.75, 3.05) is 13.1 Å². The minimum atomic E-state index is -1.12. The molecule has 0 spiro atoms. The number of carbonyl (C=O) groups excluding carboxylic acids is 1. The summed E-state index contributed by atoms with van der Waals surface area (Å²) in [7, 11) is 0. The fourth-order valence-corrected chi connectivity index (χ4v) is 2.66. The van der Waals surface area contributed by atoms with E-state index >= 15 is 0 Å². The Labute approximate surface area is 112 Å². The minimum Gasteiger partial charge on any atom is -0.477 e. The van der Waals surface area contributed by atoms with E-state index in [4.69, 9.17) is 5.11 Å². The summed E-state index contributed by atoms with van der Waals surface area (Å²) >= 11 is 0. The summed E-state index contributed by atoms with van der Waals surface area (Å²) in [5.41, 5.74) is 0.116. The van der Waals surface area contributed by atoms with Crippen LogP contribution in [0.25, 0.3) is 0 Å². The van der Waals surface area contributed by atoms with Crippen molar-refractivity contribution in [2.24, 2.45) is 11.8 Å². The molecule has 102 valence electrons. The van der Waals surface area contributed by atoms with Crippen molar-refractivity contribution in [3.05, 3.63) is 29.6 Å². The molecule has 1 fully saturated rings. The highest BCUT2D eigenvalue weighted by molar-refractivity contribution is 5.94. The van der Waals surface area contributed by atoms with Gasteiger partial charge in [0.1, 0.15) is 11.4 Å². The Morgan fingerprint density at radius 3 is 2.37 bits per heavy atom. The lowest BCUT2D eigenvalue weighted by atomic mass is 9.92. The van der Waals surface area contributed by atoms with Gasteiger partial charge in [-0.1, -0.05) is 19.9 Å². The zero-order valence-electron chi connectivity index (χ0n) is 11.2. The minimum absolute atomic E-state index is 0.0936. The number of aromatic carboxylic acids is 1. The van der Waals surface area contributed by atoms with Gasteiger partial charge in [-0.05, 0) is 30.4 Å². The third-order valence-corrected chi connectivity index (χ3v) is 3.34. The number of nitrogens with zero attached hydrogens (tertiary/aromatic N) is 2. The van der Waals surface area contributed by atoms with E-state index in [0.717, 1.165) is 6.42 Å². The number of pyridine rings is 1. The number of hydrogen-bond acceptors (Lipinski definition) is 3. The molecule has 0 aromatic carbocycles. The number of aromatic nitrogens is 1. The summed E-state index contributed by atoms with van der Waals surface area (Å²) in [5, 5.41) is 8.90. The fourth-order valence-electron chi connectivity index (χ4n) is 2.66. The fraction of sp³-hybridized carbons (Fsp3) is 0.500. The van der Waals surface area contributed by atoms with Crippen LogP contribution >= 0.6 is 0 Å². The van der Waals surface area contributed by atoms with Crippen molar-refractivity contribution in [3.8, 4) is 0 Å². The molecule has 1 aliphatic heterocycles. The van der Waals surface area contributed by atoms with Crippen molar-refractivity contribution in [1.29, 1.82) is 0 Å². The van der Waals surface area contributed by atoms with E-state index in [-0.39, 0.29) is 17.3 Å². The molecule has 19 heavy (non-hydrogen) atoms. The molecule has 0 radical (unpaired) electrons. The summed E-state index contributed by atoms with van der Waals surface area (Å²) in [6.45, 7) is 5.67. The molecule has 2 unspecified atom stereocenters. The van der Waals surface area contributed by atoms with Crippen LogP contribution in [0.15, 0.2) is 18.2 Å². The highest BCUT2D eigenvalue weighted by Gasteiger charge is 2.27. The maximum Gasteiger partial charge on any atom is 0.354 e. The third kappa shape index (κ3) is 3.10. The van der Waals surface area contributed by atoms with Crippen LogP contribution in [0.2, 0.25) is 0 Å². The normalized spacial score (nSPS) is 23.2. The number of amides is 1. The third-order valence-electron chi connectivity index (χ3n) is 3.34. The van der Waals surface area contributed by atoms with E-state index in [1.807, 2.05) is 0 Å². The number of carbonyl (C=O) groups is 2. The van der Waals surface area contributed by atoms with Crippen LogP contribution in [-0.2, 0) is 0 Å². The molecule has 1 aromatic heterocycles. The standard InChI is InChI=1S/C14H18N2O3/c1-9-6-10(2)8-16(7-9)13(17)11-4-3-5-12(15-11)14(18)19/h3-5,9-10H,6-8H2,1-2H3,(H,18,19). The van der Waals surface area contributed by atoms with E-state index in [9.17, 15) is 9.59 Å². The highest BCUT2D eigenvalue weighted by Crippen LogP contribution is 2.22. The summed E-state index contributed by atoms with van der Waals surface area (Å²) in [6, 6.07) is 4.51. The maximum atomic E-state index is 12.3. The van der Waals surface area contributed by atoms with Crippen LogP contribution in [0.1, 0.15) is 41.2 Å². The summed E-state index contributed by atoms with van der Waals surface area (Å²) in [5.74, 6) is -0.359. The first kappa shape index (κ1) is 13.5. The van der Waals surface area contributed by atoms with Crippen LogP contribution in [0.5, 0.6) is 0 Å². The molecular formula is C14H18N2O3. The Kier molecular flexibility index (Phi) is 3.83. The Hall–Kier alpha value is -1.91. The lowest BCUT2D eigenvalue weighted by Gasteiger charge is -2.34. The van der Waals surface area contributed by atoms with Crippen LogP contribution in [-0.4, -0.2) is 40.0 Å². The van der Waals surface area contributed by atoms with Gasteiger partial charge >= 0.3 is 5.97 Å². The summed E-state index contributed by atoms with van der Waals surface area (Å²) in [6.07, 6.45) is 1.12. The number of hydrogen-bond donors (Lipinski definition) is 1. The van der Waals surface area contributed by atoms with Crippen molar-refractivity contribution in [1.82, 2.24) is 9.88 Å². The van der Waals surface area contributed by atoms with Gasteiger partial charge in [-0.25, -0.2) is 9.78 Å². The maximum absolute atomic E-state index is 12.3. The first-order valence-corrected chi connectivity index (χ1v) is 6.47. The Morgan fingerprint density at radius 2 is 1.79 bits per heavy atom. The van der Waals surface area contributed by atoms with E-state index < -0.39 is 5.97 Å². The van der Waals surface area contributed by atoms with Crippen molar-refractivity contribution >= 4 is 11.9 Å². The van der Waals surface area contributed by atoms with E-state index in [0.29, 0.717) is 24.9 Å². The predicted octanol–water partition coefficient (Wildman–Crippen LogP) is 1.90. The molecule has 1 amide bonds. The van der Waals surface area contributed by atoms with Crippen molar-refractivity contribution < 1.29 is 14.7 Å². The summed E-state index contributed by atoms with van der Waals surface area (Å²) < 4.78 is 0. The zero-order valence-corrected chi connectivity index (χ0v) is 11.2. The van der Waals surface area contributed by atoms with Gasteiger partial charge in [-0.3, -0.25) is 4.79 Å². The van der Waals surface area contributed by atoms with Crippen LogP contribution in [0, 0.1) is 11.8 Å². The predicted molar refractivity (Wildman–Crippen MR) is 70.0 cm³/mol. The van der Waals surface area contributed by atoms with Crippen LogP contribution in [0.4, 0.5) is 0 Å². The first-order chi connectivity index (χ1) is 8.97. The molecule has 5 heteroatoms. The largest absolute Gasteiger partial charge is 0.477 e. The molecule has 5 nitrogen and oxygen atoms in total. The first-order valence-electron chi connectivity index (χ1n) is 6.47. The Bertz CT molecular complexity index is 491. The van der Waals surface area contributed by atoms with Gasteiger partial charge in [-0.15, -0.1) is 0 Å². The van der Waals surface area contributed by atoms with E-state index in [2.05, 4.69) is 18.8 Å². The zero-order chi connectivity index (χ0) is 14.0. The van der Waals surface area contributed by atoms with Gasteiger partial charge < -0.3 is 10.0 Å². The topological polar surface area (TPSA) is 70.5 Å². The number of carboxylic acids is 1. The number of carboxylic acid groups (broad SMARTS) is 1. The van der Waals surface area contributed by atoms with Gasteiger partial charge in [0.2, 0.25) is 0 Å². The molecule has 0 aliphatic carbocycles. The number of rotatable bonds is 2. The average Bonchev–Trinajstić information content (AvgIpc) is 2.37. The molecule has 2 atom stereocenters. The number of likely N-dealkylation sites (tertiary alicyclic amines) is 1. The highest BCUT2D eigenvalue weighted by atomic mass is 16.4. The molecule has 1 N–H and O–H groups in total. The molecule has 0 saturated carbocycles. The van der Waals surface area contributed by atoms with Gasteiger partial charge in [0, 0.05) is 13.1 Å². The van der Waals surface area contributed by atoms with Crippen LogP contribution < -0.4 is 0 Å². The van der Waals surface area contributed by atoms with E-state index in [1.54, 1.807) is 17.0 Å². The lowest BCUT2D eigenvalue weighted by Crippen LogP contribution is -2.42. The van der Waals surface area contributed by atoms with Gasteiger partial charge in [0.25, 0.3) is 5.91 Å². The average molecular weight is 262 g/mol. The second-order valence-corrected chi connectivity index (χ2v) is 5.37. The molecule has 1 aromatic rings. The smallest absolute Gasteiger partial charge is 0.354 e. The van der Waals surface area contributed by atoms with Gasteiger partial charge in [-0.2, -0.15) is 0 Å². The monoisotopic (exact) mass is 262 g/mol. The van der Waals surface area contributed by atoms with Gasteiger partial charge in [0.05, 0.1) is 0 Å². The van der Waals surface area contributed by atoms with E-state index in [1.165, 1.54) is 6.07 Å². The Morgan fingerprint density at radius 1 is 1.21 bits per heavy atom. The van der Waals surface area contributed by atoms with Crippen molar-refractivity contribution in [2.45, 2.75) is 20.3 Å². The summed E-state index contributed by atoms with van der Waals surface area (Å²) in [4.78, 5) is 28.9. The second-order valence-electron chi connectivity index (χ2n) is 5.37. The number of piperidine rings is 1. The molecule has 2 rings (SSSR count). The van der Waals surface area contributed by atoms with Crippen LogP contribution in [0.3, 0.4) is 0 Å². The molecule has 1 aliphatic rings. The van der Waals surface area contributed by atoms with Crippen molar-refractivity contribution in [3.63, 3.8) is 0 Å².